The Hall–Kier alpha value is -1.59. The summed E-state index contributed by atoms with van der Waals surface area (Å²) in [6, 6.07) is 5.59. The first-order chi connectivity index (χ1) is 10.1. The van der Waals surface area contributed by atoms with Gasteiger partial charge in [0.2, 0.25) is 0 Å². The summed E-state index contributed by atoms with van der Waals surface area (Å²) in [5.74, 6) is -0.302. The topological polar surface area (TPSA) is 70.4 Å². The van der Waals surface area contributed by atoms with Crippen LogP contribution in [0.5, 0.6) is 0 Å². The van der Waals surface area contributed by atoms with Crippen LogP contribution in [0.25, 0.3) is 11.1 Å². The van der Waals surface area contributed by atoms with Gasteiger partial charge in [-0.25, -0.2) is 4.79 Å². The van der Waals surface area contributed by atoms with Crippen LogP contribution in [0.15, 0.2) is 27.4 Å². The molecule has 114 valence electrons. The number of oxazole rings is 1. The fraction of sp³-hybridized carbons (Fsp3) is 0.562. The van der Waals surface area contributed by atoms with Gasteiger partial charge in [-0.15, -0.1) is 0 Å². The number of benzene rings is 1. The second-order valence-electron chi connectivity index (χ2n) is 5.84. The molecule has 0 spiro atoms. The van der Waals surface area contributed by atoms with Crippen LogP contribution < -0.4 is 11.5 Å². The Morgan fingerprint density at radius 2 is 2.24 bits per heavy atom. The molecular weight excluding hydrogens is 268 g/mol. The molecule has 2 N–H and O–H groups in total. The zero-order valence-corrected chi connectivity index (χ0v) is 12.5. The van der Waals surface area contributed by atoms with E-state index < -0.39 is 0 Å². The second-order valence-corrected chi connectivity index (χ2v) is 5.84. The highest BCUT2D eigenvalue weighted by atomic mass is 16.5. The number of fused-ring (bicyclic) bond motifs is 1. The van der Waals surface area contributed by atoms with E-state index in [-0.39, 0.29) is 24.0 Å². The van der Waals surface area contributed by atoms with Crippen molar-refractivity contribution in [2.75, 3.05) is 0 Å². The van der Waals surface area contributed by atoms with Crippen LogP contribution in [-0.4, -0.2) is 16.8 Å². The zero-order valence-electron chi connectivity index (χ0n) is 12.5. The van der Waals surface area contributed by atoms with E-state index in [9.17, 15) is 4.79 Å². The Balaban J connectivity index is 1.92. The van der Waals surface area contributed by atoms with Crippen molar-refractivity contribution < 1.29 is 9.15 Å². The molecule has 2 heterocycles. The molecule has 21 heavy (non-hydrogen) atoms. The summed E-state index contributed by atoms with van der Waals surface area (Å²) in [6.45, 7) is 4.77. The number of nitrogens with zero attached hydrogens (tertiary/aromatic N) is 1. The van der Waals surface area contributed by atoms with Crippen molar-refractivity contribution in [2.24, 2.45) is 5.73 Å². The van der Waals surface area contributed by atoms with E-state index in [1.165, 1.54) is 0 Å². The molecule has 5 heteroatoms. The van der Waals surface area contributed by atoms with Crippen molar-refractivity contribution in [1.82, 2.24) is 4.57 Å². The van der Waals surface area contributed by atoms with Gasteiger partial charge in [0.25, 0.3) is 0 Å². The molecule has 1 aliphatic heterocycles. The molecule has 3 unspecified atom stereocenters. The smallest absolute Gasteiger partial charge is 0.408 e. The summed E-state index contributed by atoms with van der Waals surface area (Å²) in [7, 11) is 0. The Bertz CT molecular complexity index is 688. The van der Waals surface area contributed by atoms with Gasteiger partial charge in [-0.05, 0) is 43.9 Å². The number of nitrogens with two attached hydrogens (primary N) is 1. The minimum atomic E-state index is -0.302. The molecule has 1 aromatic heterocycles. The maximum Gasteiger partial charge on any atom is 0.419 e. The van der Waals surface area contributed by atoms with Crippen molar-refractivity contribution in [3.8, 4) is 0 Å². The van der Waals surface area contributed by atoms with Gasteiger partial charge in [-0.3, -0.25) is 4.57 Å². The van der Waals surface area contributed by atoms with E-state index in [4.69, 9.17) is 14.9 Å². The van der Waals surface area contributed by atoms with Crippen molar-refractivity contribution in [2.45, 2.75) is 57.9 Å². The Morgan fingerprint density at radius 3 is 2.90 bits per heavy atom. The van der Waals surface area contributed by atoms with Crippen molar-refractivity contribution in [1.29, 1.82) is 0 Å². The van der Waals surface area contributed by atoms with Crippen molar-refractivity contribution in [3.05, 3.63) is 34.3 Å². The summed E-state index contributed by atoms with van der Waals surface area (Å²) < 4.78 is 12.8. The molecule has 0 saturated carbocycles. The zero-order chi connectivity index (χ0) is 15.0. The quantitative estimate of drug-likeness (QED) is 0.939. The average molecular weight is 290 g/mol. The number of aromatic nitrogens is 1. The standard InChI is InChI=1S/C16H22N2O3/c1-3-8-18-12-6-5-11(9-14(12)21-16(18)19)15(17)13-7-4-10(2)20-13/h5-6,9-10,13,15H,3-4,7-8,17H2,1-2H3. The number of ether oxygens (including phenoxy) is 1. The van der Waals surface area contributed by atoms with Gasteiger partial charge in [-0.1, -0.05) is 13.0 Å². The molecule has 0 bridgehead atoms. The van der Waals surface area contributed by atoms with E-state index >= 15 is 0 Å². The van der Waals surface area contributed by atoms with Crippen molar-refractivity contribution in [3.63, 3.8) is 0 Å². The van der Waals surface area contributed by atoms with Gasteiger partial charge in [0.15, 0.2) is 5.58 Å². The molecule has 1 fully saturated rings. The minimum absolute atomic E-state index is 0.0434. The second kappa shape index (κ2) is 5.66. The minimum Gasteiger partial charge on any atom is -0.408 e. The van der Waals surface area contributed by atoms with E-state index in [1.54, 1.807) is 4.57 Å². The van der Waals surface area contributed by atoms with E-state index in [0.29, 0.717) is 12.1 Å². The van der Waals surface area contributed by atoms with Gasteiger partial charge < -0.3 is 14.9 Å². The first-order valence-electron chi connectivity index (χ1n) is 7.64. The van der Waals surface area contributed by atoms with Crippen LogP contribution >= 0.6 is 0 Å². The SMILES string of the molecule is CCCn1c(=O)oc2cc(C(N)C3CCC(C)O3)ccc21. The van der Waals surface area contributed by atoms with Crippen LogP contribution in [0.4, 0.5) is 0 Å². The van der Waals surface area contributed by atoms with E-state index in [0.717, 1.165) is 30.3 Å². The molecule has 5 nitrogen and oxygen atoms in total. The molecule has 2 aromatic rings. The summed E-state index contributed by atoms with van der Waals surface area (Å²) in [5.41, 5.74) is 8.70. The molecule has 1 aromatic carbocycles. The van der Waals surface area contributed by atoms with Crippen molar-refractivity contribution >= 4 is 11.1 Å². The lowest BCUT2D eigenvalue weighted by molar-refractivity contribution is 0.0401. The normalized spacial score (nSPS) is 23.8. The predicted octanol–water partition coefficient (Wildman–Crippen LogP) is 2.57. The highest BCUT2D eigenvalue weighted by Gasteiger charge is 2.28. The van der Waals surface area contributed by atoms with Gasteiger partial charge >= 0.3 is 5.76 Å². The summed E-state index contributed by atoms with van der Waals surface area (Å²) >= 11 is 0. The molecule has 0 amide bonds. The number of hydrogen-bond acceptors (Lipinski definition) is 4. The fourth-order valence-corrected chi connectivity index (χ4v) is 3.04. The Labute approximate surface area is 123 Å². The predicted molar refractivity (Wildman–Crippen MR) is 81.3 cm³/mol. The lowest BCUT2D eigenvalue weighted by atomic mass is 10.00. The highest BCUT2D eigenvalue weighted by Crippen LogP contribution is 2.29. The van der Waals surface area contributed by atoms with Crippen LogP contribution in [-0.2, 0) is 11.3 Å². The molecule has 3 rings (SSSR count). The van der Waals surface area contributed by atoms with Gasteiger partial charge in [0.1, 0.15) is 0 Å². The molecule has 0 aliphatic carbocycles. The molecule has 3 atom stereocenters. The maximum atomic E-state index is 11.8. The third-order valence-corrected chi connectivity index (χ3v) is 4.19. The Morgan fingerprint density at radius 1 is 1.43 bits per heavy atom. The Kier molecular flexibility index (Phi) is 3.87. The molecule has 1 aliphatic rings. The summed E-state index contributed by atoms with van der Waals surface area (Å²) in [5, 5.41) is 0. The van der Waals surface area contributed by atoms with Crippen LogP contribution in [0.3, 0.4) is 0 Å². The number of rotatable bonds is 4. The molecule has 0 radical (unpaired) electrons. The average Bonchev–Trinajstić information content (AvgIpc) is 3.02. The first kappa shape index (κ1) is 14.4. The molecule has 1 saturated heterocycles. The van der Waals surface area contributed by atoms with Crippen LogP contribution in [0.2, 0.25) is 0 Å². The van der Waals surface area contributed by atoms with E-state index in [2.05, 4.69) is 6.92 Å². The fourth-order valence-electron chi connectivity index (χ4n) is 3.04. The number of aryl methyl sites for hydroxylation is 1. The lowest BCUT2D eigenvalue weighted by Gasteiger charge is -2.19. The largest absolute Gasteiger partial charge is 0.419 e. The highest BCUT2D eigenvalue weighted by molar-refractivity contribution is 5.74. The van der Waals surface area contributed by atoms with Crippen LogP contribution in [0, 0.1) is 0 Å². The third-order valence-electron chi connectivity index (χ3n) is 4.19. The van der Waals surface area contributed by atoms with Crippen LogP contribution in [0.1, 0.15) is 44.7 Å². The van der Waals surface area contributed by atoms with Gasteiger partial charge in [0.05, 0.1) is 23.8 Å². The van der Waals surface area contributed by atoms with Gasteiger partial charge in [0, 0.05) is 6.54 Å². The van der Waals surface area contributed by atoms with E-state index in [1.807, 2.05) is 25.1 Å². The maximum absolute atomic E-state index is 11.8. The lowest BCUT2D eigenvalue weighted by Crippen LogP contribution is -2.26. The summed E-state index contributed by atoms with van der Waals surface area (Å²) in [6.07, 6.45) is 3.23. The third kappa shape index (κ3) is 2.63. The number of hydrogen-bond donors (Lipinski definition) is 1. The first-order valence-corrected chi connectivity index (χ1v) is 7.64. The molecular formula is C16H22N2O3. The summed E-state index contributed by atoms with van der Waals surface area (Å²) in [4.78, 5) is 11.8. The monoisotopic (exact) mass is 290 g/mol. The van der Waals surface area contributed by atoms with Gasteiger partial charge in [-0.2, -0.15) is 0 Å².